The molecular weight excluding hydrogens is 354 g/mol. The topological polar surface area (TPSA) is 71.5 Å². The number of nitrogens with one attached hydrogen (secondary N) is 1. The number of aromatic nitrogens is 1. The molecule has 0 fully saturated rings. The summed E-state index contributed by atoms with van der Waals surface area (Å²) in [4.78, 5) is 31.1. The molecule has 0 radical (unpaired) electrons. The van der Waals surface area contributed by atoms with E-state index < -0.39 is 5.97 Å². The highest BCUT2D eigenvalue weighted by Gasteiger charge is 2.21. The van der Waals surface area contributed by atoms with Crippen molar-refractivity contribution >= 4 is 28.9 Å². The maximum absolute atomic E-state index is 12.8. The van der Waals surface area contributed by atoms with Crippen molar-refractivity contribution in [1.29, 1.82) is 0 Å². The molecule has 6 nitrogen and oxygen atoms in total. The number of carbonyl (C=O) groups excluding carboxylic acids is 2. The molecule has 3 aromatic rings. The Kier molecular flexibility index (Phi) is 4.76. The number of pyridine rings is 1. The molecule has 0 unspecified atom stereocenters. The number of methoxy groups -OCH3 is 1. The Morgan fingerprint density at radius 3 is 2.71 bits per heavy atom. The van der Waals surface area contributed by atoms with Crippen molar-refractivity contribution in [2.75, 3.05) is 23.9 Å². The number of hydrogen-bond donors (Lipinski definition) is 1. The van der Waals surface area contributed by atoms with Gasteiger partial charge in [-0.05, 0) is 36.2 Å². The quantitative estimate of drug-likeness (QED) is 0.704. The molecule has 6 heteroatoms. The van der Waals surface area contributed by atoms with Gasteiger partial charge in [-0.25, -0.2) is 4.79 Å². The Hall–Kier alpha value is -3.67. The predicted octanol–water partition coefficient (Wildman–Crippen LogP) is 3.81. The van der Waals surface area contributed by atoms with Crippen LogP contribution in [0.5, 0.6) is 0 Å². The molecule has 0 saturated heterocycles. The average molecular weight is 373 g/mol. The molecule has 1 aliphatic heterocycles. The van der Waals surface area contributed by atoms with Gasteiger partial charge < -0.3 is 15.0 Å². The van der Waals surface area contributed by atoms with Crippen molar-refractivity contribution in [2.24, 2.45) is 0 Å². The minimum Gasteiger partial charge on any atom is -0.465 e. The van der Waals surface area contributed by atoms with Crippen LogP contribution >= 0.6 is 0 Å². The van der Waals surface area contributed by atoms with E-state index in [4.69, 9.17) is 4.74 Å². The van der Waals surface area contributed by atoms with Gasteiger partial charge in [0.25, 0.3) is 5.91 Å². The zero-order valence-electron chi connectivity index (χ0n) is 15.4. The van der Waals surface area contributed by atoms with Gasteiger partial charge in [0.2, 0.25) is 0 Å². The normalized spacial score (nSPS) is 12.4. The minimum absolute atomic E-state index is 0.302. The van der Waals surface area contributed by atoms with E-state index in [1.165, 1.54) is 18.9 Å². The summed E-state index contributed by atoms with van der Waals surface area (Å²) in [7, 11) is 1.31. The number of anilines is 3. The van der Waals surface area contributed by atoms with E-state index >= 15 is 0 Å². The average Bonchev–Trinajstić information content (AvgIpc) is 3.18. The van der Waals surface area contributed by atoms with Gasteiger partial charge in [0, 0.05) is 18.4 Å². The number of esters is 1. The summed E-state index contributed by atoms with van der Waals surface area (Å²) < 4.78 is 4.77. The molecule has 0 atom stereocenters. The number of hydrogen-bond acceptors (Lipinski definition) is 5. The number of rotatable bonds is 4. The Morgan fingerprint density at radius 1 is 1.07 bits per heavy atom. The van der Waals surface area contributed by atoms with Gasteiger partial charge in [0.1, 0.15) is 0 Å². The van der Waals surface area contributed by atoms with Crippen LogP contribution in [0.4, 0.5) is 17.1 Å². The van der Waals surface area contributed by atoms with Crippen molar-refractivity contribution in [3.05, 3.63) is 83.7 Å². The van der Waals surface area contributed by atoms with Gasteiger partial charge in [-0.1, -0.05) is 30.3 Å². The van der Waals surface area contributed by atoms with Crippen molar-refractivity contribution in [2.45, 2.75) is 6.42 Å². The highest BCUT2D eigenvalue weighted by atomic mass is 16.5. The van der Waals surface area contributed by atoms with Crippen LogP contribution in [-0.4, -0.2) is 30.5 Å². The first kappa shape index (κ1) is 17.7. The Labute approximate surface area is 162 Å². The fourth-order valence-electron chi connectivity index (χ4n) is 3.38. The third-order valence-corrected chi connectivity index (χ3v) is 4.77. The van der Waals surface area contributed by atoms with Gasteiger partial charge >= 0.3 is 5.97 Å². The summed E-state index contributed by atoms with van der Waals surface area (Å²) in [6, 6.07) is 16.8. The molecule has 0 bridgehead atoms. The minimum atomic E-state index is -0.503. The first-order chi connectivity index (χ1) is 13.7. The fourth-order valence-corrected chi connectivity index (χ4v) is 3.38. The Balaban J connectivity index is 1.59. The fraction of sp³-hybridized carbons (Fsp3) is 0.136. The second kappa shape index (κ2) is 7.52. The van der Waals surface area contributed by atoms with Crippen LogP contribution in [0.15, 0.2) is 67.0 Å². The van der Waals surface area contributed by atoms with Gasteiger partial charge in [-0.2, -0.15) is 0 Å². The molecule has 2 heterocycles. The van der Waals surface area contributed by atoms with Crippen LogP contribution in [0, 0.1) is 0 Å². The molecule has 0 saturated carbocycles. The van der Waals surface area contributed by atoms with Crippen molar-refractivity contribution in [3.8, 4) is 0 Å². The number of benzene rings is 2. The maximum atomic E-state index is 12.8. The molecule has 140 valence electrons. The summed E-state index contributed by atoms with van der Waals surface area (Å²) in [5.74, 6) is -0.838. The van der Waals surface area contributed by atoms with Crippen molar-refractivity contribution < 1.29 is 14.3 Å². The van der Waals surface area contributed by atoms with Crippen LogP contribution in [0.2, 0.25) is 0 Å². The lowest BCUT2D eigenvalue weighted by molar-refractivity contribution is 0.0602. The lowest BCUT2D eigenvalue weighted by Gasteiger charge is -2.19. The number of fused-ring (bicyclic) bond motifs is 1. The molecular formula is C22H19N3O3. The monoisotopic (exact) mass is 373 g/mol. The van der Waals surface area contributed by atoms with Crippen LogP contribution in [-0.2, 0) is 11.2 Å². The number of ether oxygens (including phenoxy) is 1. The summed E-state index contributed by atoms with van der Waals surface area (Å²) in [6.07, 6.45) is 4.22. The van der Waals surface area contributed by atoms with Crippen LogP contribution in [0.25, 0.3) is 0 Å². The molecule has 1 N–H and O–H groups in total. The molecule has 0 spiro atoms. The molecule has 2 aromatic carbocycles. The lowest BCUT2D eigenvalue weighted by atomic mass is 10.1. The van der Waals surface area contributed by atoms with Gasteiger partial charge in [-0.3, -0.25) is 9.78 Å². The summed E-state index contributed by atoms with van der Waals surface area (Å²) in [5, 5.41) is 2.78. The Morgan fingerprint density at radius 2 is 1.86 bits per heavy atom. The lowest BCUT2D eigenvalue weighted by Crippen LogP contribution is -2.18. The second-order valence-electron chi connectivity index (χ2n) is 6.45. The zero-order valence-corrected chi connectivity index (χ0v) is 15.4. The number of amides is 1. The van der Waals surface area contributed by atoms with Gasteiger partial charge in [-0.15, -0.1) is 0 Å². The van der Waals surface area contributed by atoms with E-state index in [0.29, 0.717) is 16.8 Å². The largest absolute Gasteiger partial charge is 0.465 e. The standard InChI is InChI=1S/C22H19N3O3/c1-28-22(27)18-7-3-4-8-19(18)24-21(26)16-12-17(14-23-13-16)25-11-10-15-6-2-5-9-20(15)25/h2-9,12-14H,10-11H2,1H3,(H,24,26). The van der Waals surface area contributed by atoms with Crippen LogP contribution < -0.4 is 10.2 Å². The number of para-hydroxylation sites is 2. The molecule has 1 aromatic heterocycles. The summed E-state index contributed by atoms with van der Waals surface area (Å²) in [6.45, 7) is 0.845. The molecule has 4 rings (SSSR count). The maximum Gasteiger partial charge on any atom is 0.339 e. The summed E-state index contributed by atoms with van der Waals surface area (Å²) >= 11 is 0. The van der Waals surface area contributed by atoms with Crippen LogP contribution in [0.3, 0.4) is 0 Å². The van der Waals surface area contributed by atoms with E-state index in [9.17, 15) is 9.59 Å². The van der Waals surface area contributed by atoms with Gasteiger partial charge in [0.15, 0.2) is 0 Å². The van der Waals surface area contributed by atoms with Crippen molar-refractivity contribution in [1.82, 2.24) is 4.98 Å². The molecule has 0 aliphatic carbocycles. The molecule has 28 heavy (non-hydrogen) atoms. The smallest absolute Gasteiger partial charge is 0.339 e. The highest BCUT2D eigenvalue weighted by molar-refractivity contribution is 6.08. The van der Waals surface area contributed by atoms with E-state index in [0.717, 1.165) is 24.3 Å². The first-order valence-corrected chi connectivity index (χ1v) is 8.96. The van der Waals surface area contributed by atoms with E-state index in [-0.39, 0.29) is 5.91 Å². The molecule has 1 aliphatic rings. The second-order valence-corrected chi connectivity index (χ2v) is 6.45. The highest BCUT2D eigenvalue weighted by Crippen LogP contribution is 2.34. The van der Waals surface area contributed by atoms with Gasteiger partial charge in [0.05, 0.1) is 35.8 Å². The van der Waals surface area contributed by atoms with E-state index in [2.05, 4.69) is 27.3 Å². The zero-order chi connectivity index (χ0) is 19.5. The van der Waals surface area contributed by atoms with Crippen molar-refractivity contribution in [3.63, 3.8) is 0 Å². The van der Waals surface area contributed by atoms with E-state index in [1.807, 2.05) is 18.2 Å². The number of nitrogens with zero attached hydrogens (tertiary/aromatic N) is 2. The third kappa shape index (κ3) is 3.32. The van der Waals surface area contributed by atoms with Crippen LogP contribution in [0.1, 0.15) is 26.3 Å². The molecule has 1 amide bonds. The Bertz CT molecular complexity index is 1050. The summed E-state index contributed by atoms with van der Waals surface area (Å²) in [5.41, 5.74) is 4.40. The number of carbonyl (C=O) groups is 2. The SMILES string of the molecule is COC(=O)c1ccccc1NC(=O)c1cncc(N2CCc3ccccc32)c1. The predicted molar refractivity (Wildman–Crippen MR) is 107 cm³/mol. The third-order valence-electron chi connectivity index (χ3n) is 4.77. The first-order valence-electron chi connectivity index (χ1n) is 8.96. The van der Waals surface area contributed by atoms with E-state index in [1.54, 1.807) is 30.5 Å².